The predicted molar refractivity (Wildman–Crippen MR) is 156 cm³/mol. The fraction of sp³-hybridized carbons (Fsp3) is 0.882. The van der Waals surface area contributed by atoms with Crippen LogP contribution in [-0.2, 0) is 19.1 Å². The lowest BCUT2D eigenvalue weighted by molar-refractivity contribution is -0.937. The quantitative estimate of drug-likeness (QED) is 0.238. The van der Waals surface area contributed by atoms with Crippen LogP contribution in [0.5, 0.6) is 0 Å². The summed E-state index contributed by atoms with van der Waals surface area (Å²) in [7, 11) is 0. The third-order valence-corrected chi connectivity index (χ3v) is 13.5. The number of carbonyl (C=O) groups is 2. The molecule has 6 fully saturated rings. The lowest BCUT2D eigenvalue weighted by atomic mass is 9.44. The third-order valence-electron chi connectivity index (χ3n) is 13.5. The largest absolute Gasteiger partial charge is 0.461 e. The van der Waals surface area contributed by atoms with E-state index in [1.165, 1.54) is 64.5 Å². The molecular formula is C34H55N2O4+. The van der Waals surface area contributed by atoms with Crippen molar-refractivity contribution in [2.75, 3.05) is 32.7 Å². The van der Waals surface area contributed by atoms with Gasteiger partial charge in [-0.15, -0.1) is 0 Å². The van der Waals surface area contributed by atoms with Crippen LogP contribution in [0.15, 0.2) is 12.7 Å². The van der Waals surface area contributed by atoms with Crippen molar-refractivity contribution in [1.29, 1.82) is 0 Å². The van der Waals surface area contributed by atoms with Gasteiger partial charge in [-0.05, 0) is 99.6 Å². The number of esters is 2. The lowest BCUT2D eigenvalue weighted by Crippen LogP contribution is -2.61. The molecule has 0 aromatic carbocycles. The maximum absolute atomic E-state index is 12.5. The SMILES string of the molecule is C=CC[N+]1(C2CC3C4CCC5CC(OC(C)=O)C(N6CCCC6)CC5(C)C4CCC3(C)C2OC(C)=O)CCCC1. The zero-order valence-corrected chi connectivity index (χ0v) is 25.7. The first kappa shape index (κ1) is 28.7. The molecule has 0 spiro atoms. The van der Waals surface area contributed by atoms with Gasteiger partial charge in [-0.2, -0.15) is 0 Å². The summed E-state index contributed by atoms with van der Waals surface area (Å²) in [5.41, 5.74) is 0.337. The number of nitrogens with zero attached hydrogens (tertiary/aromatic N) is 2. The van der Waals surface area contributed by atoms with Crippen LogP contribution in [0.4, 0.5) is 0 Å². The monoisotopic (exact) mass is 555 g/mol. The number of ether oxygens (including phenoxy) is 2. The minimum atomic E-state index is -0.119. The van der Waals surface area contributed by atoms with Gasteiger partial charge in [0.2, 0.25) is 0 Å². The Morgan fingerprint density at radius 3 is 2.27 bits per heavy atom. The molecule has 6 nitrogen and oxygen atoms in total. The van der Waals surface area contributed by atoms with Gasteiger partial charge in [0, 0.05) is 44.6 Å². The first-order valence-electron chi connectivity index (χ1n) is 16.7. The molecule has 6 heteroatoms. The Hall–Kier alpha value is -1.40. The van der Waals surface area contributed by atoms with E-state index in [9.17, 15) is 9.59 Å². The number of hydrogen-bond donors (Lipinski definition) is 0. The van der Waals surface area contributed by atoms with Crippen molar-refractivity contribution < 1.29 is 23.5 Å². The molecule has 0 radical (unpaired) electrons. The zero-order chi connectivity index (χ0) is 28.3. The summed E-state index contributed by atoms with van der Waals surface area (Å²) >= 11 is 0. The van der Waals surface area contributed by atoms with Gasteiger partial charge in [-0.25, -0.2) is 0 Å². The number of quaternary nitrogens is 1. The van der Waals surface area contributed by atoms with Crippen LogP contribution in [0.25, 0.3) is 0 Å². The Morgan fingerprint density at radius 2 is 1.62 bits per heavy atom. The highest BCUT2D eigenvalue weighted by Gasteiger charge is 2.67. The summed E-state index contributed by atoms with van der Waals surface area (Å²) < 4.78 is 13.5. The van der Waals surface area contributed by atoms with Crippen molar-refractivity contribution in [2.24, 2.45) is 34.5 Å². The van der Waals surface area contributed by atoms with E-state index >= 15 is 0 Å². The molecule has 6 aliphatic rings. The van der Waals surface area contributed by atoms with E-state index in [1.54, 1.807) is 13.8 Å². The molecule has 10 atom stereocenters. The molecule has 4 saturated carbocycles. The van der Waals surface area contributed by atoms with Crippen molar-refractivity contribution in [1.82, 2.24) is 4.90 Å². The van der Waals surface area contributed by atoms with Crippen LogP contribution < -0.4 is 0 Å². The standard InChI is InChI=1S/C34H55N2O4/c1-6-17-36(18-9-10-19-36)30-21-28-26-12-11-25-20-31(39-23(2)37)29(35-15-7-8-16-35)22-34(25,5)27(26)13-14-33(28,4)32(30)40-24(3)38/h6,25-32H,1,7-22H2,2-5H3/q+1. The summed E-state index contributed by atoms with van der Waals surface area (Å²) in [6.45, 7) is 18.1. The maximum atomic E-state index is 12.5. The van der Waals surface area contributed by atoms with Gasteiger partial charge in [-0.3, -0.25) is 14.5 Å². The van der Waals surface area contributed by atoms with Crippen molar-refractivity contribution >= 4 is 11.9 Å². The molecule has 0 aromatic heterocycles. The minimum absolute atomic E-state index is 0.0107. The van der Waals surface area contributed by atoms with Gasteiger partial charge in [0.1, 0.15) is 12.1 Å². The average molecular weight is 556 g/mol. The smallest absolute Gasteiger partial charge is 0.303 e. The highest BCUT2D eigenvalue weighted by molar-refractivity contribution is 5.66. The summed E-state index contributed by atoms with van der Waals surface area (Å²) in [5, 5.41) is 0. The molecule has 10 unspecified atom stereocenters. The minimum Gasteiger partial charge on any atom is -0.461 e. The first-order chi connectivity index (χ1) is 19.1. The fourth-order valence-electron chi connectivity index (χ4n) is 11.8. The maximum Gasteiger partial charge on any atom is 0.303 e. The highest BCUT2D eigenvalue weighted by atomic mass is 16.5. The van der Waals surface area contributed by atoms with E-state index in [0.29, 0.717) is 35.8 Å². The van der Waals surface area contributed by atoms with Gasteiger partial charge in [-0.1, -0.05) is 20.4 Å². The van der Waals surface area contributed by atoms with Gasteiger partial charge >= 0.3 is 11.9 Å². The Bertz CT molecular complexity index is 986. The summed E-state index contributed by atoms with van der Waals surface area (Å²) in [4.78, 5) is 27.3. The highest BCUT2D eigenvalue weighted by Crippen LogP contribution is 2.68. The number of rotatable bonds is 6. The van der Waals surface area contributed by atoms with Crippen molar-refractivity contribution in [3.8, 4) is 0 Å². The number of fused-ring (bicyclic) bond motifs is 5. The number of likely N-dealkylation sites (tertiary alicyclic amines) is 2. The lowest BCUT2D eigenvalue weighted by Gasteiger charge is -2.62. The molecule has 4 aliphatic carbocycles. The van der Waals surface area contributed by atoms with E-state index in [-0.39, 0.29) is 35.0 Å². The molecule has 2 aliphatic heterocycles. The summed E-state index contributed by atoms with van der Waals surface area (Å²) in [6.07, 6.45) is 15.5. The van der Waals surface area contributed by atoms with Gasteiger partial charge in [0.25, 0.3) is 0 Å². The van der Waals surface area contributed by atoms with Crippen LogP contribution in [0, 0.1) is 34.5 Å². The Morgan fingerprint density at radius 1 is 0.925 bits per heavy atom. The second kappa shape index (κ2) is 10.7. The molecule has 2 heterocycles. The van der Waals surface area contributed by atoms with Crippen molar-refractivity contribution in [3.63, 3.8) is 0 Å². The van der Waals surface area contributed by atoms with Gasteiger partial charge < -0.3 is 14.0 Å². The fourth-order valence-corrected chi connectivity index (χ4v) is 11.8. The molecule has 0 N–H and O–H groups in total. The Kier molecular flexibility index (Phi) is 7.68. The predicted octanol–water partition coefficient (Wildman–Crippen LogP) is 5.74. The van der Waals surface area contributed by atoms with Crippen LogP contribution >= 0.6 is 0 Å². The Labute approximate surface area is 242 Å². The molecule has 0 amide bonds. The van der Waals surface area contributed by atoms with E-state index in [1.807, 2.05) is 0 Å². The molecule has 40 heavy (non-hydrogen) atoms. The normalized spacial score (nSPS) is 46.2. The van der Waals surface area contributed by atoms with Crippen LogP contribution in [-0.4, -0.2) is 78.3 Å². The second-order valence-electron chi connectivity index (χ2n) is 15.3. The van der Waals surface area contributed by atoms with Crippen molar-refractivity contribution in [3.05, 3.63) is 12.7 Å². The molecule has 224 valence electrons. The Balaban J connectivity index is 1.31. The zero-order valence-electron chi connectivity index (χ0n) is 25.7. The van der Waals surface area contributed by atoms with E-state index in [4.69, 9.17) is 9.47 Å². The number of carbonyl (C=O) groups excluding carboxylic acids is 2. The van der Waals surface area contributed by atoms with Gasteiger partial charge in [0.05, 0.1) is 19.6 Å². The molecule has 2 saturated heterocycles. The van der Waals surface area contributed by atoms with E-state index in [2.05, 4.69) is 31.4 Å². The van der Waals surface area contributed by atoms with E-state index in [0.717, 1.165) is 43.4 Å². The third kappa shape index (κ3) is 4.58. The van der Waals surface area contributed by atoms with Crippen LogP contribution in [0.3, 0.4) is 0 Å². The van der Waals surface area contributed by atoms with Gasteiger partial charge in [0.15, 0.2) is 6.10 Å². The summed E-state index contributed by atoms with van der Waals surface area (Å²) in [5.74, 6) is 2.40. The van der Waals surface area contributed by atoms with Crippen LogP contribution in [0.2, 0.25) is 0 Å². The number of hydrogen-bond acceptors (Lipinski definition) is 5. The first-order valence-corrected chi connectivity index (χ1v) is 16.7. The topological polar surface area (TPSA) is 55.8 Å². The molecule has 6 rings (SSSR count). The van der Waals surface area contributed by atoms with E-state index < -0.39 is 0 Å². The average Bonchev–Trinajstić information content (AvgIpc) is 3.64. The van der Waals surface area contributed by atoms with Crippen molar-refractivity contribution in [2.45, 2.75) is 123 Å². The van der Waals surface area contributed by atoms with Crippen LogP contribution in [0.1, 0.15) is 98.3 Å². The second-order valence-corrected chi connectivity index (χ2v) is 15.3. The molecule has 0 bridgehead atoms. The molecule has 0 aromatic rings. The summed E-state index contributed by atoms with van der Waals surface area (Å²) in [6, 6.07) is 0.747. The molecular weight excluding hydrogens is 500 g/mol.